The summed E-state index contributed by atoms with van der Waals surface area (Å²) in [5.74, 6) is 1.43. The van der Waals surface area contributed by atoms with Crippen LogP contribution in [0.25, 0.3) is 0 Å². The lowest BCUT2D eigenvalue weighted by Crippen LogP contribution is -2.29. The maximum absolute atomic E-state index is 9.14. The van der Waals surface area contributed by atoms with Gasteiger partial charge in [0, 0.05) is 12.6 Å². The van der Waals surface area contributed by atoms with Crippen LogP contribution in [0.1, 0.15) is 50.6 Å². The van der Waals surface area contributed by atoms with Crippen molar-refractivity contribution in [1.29, 1.82) is 0 Å². The zero-order valence-corrected chi connectivity index (χ0v) is 12.0. The number of aliphatic hydroxyl groups excluding tert-OH is 1. The summed E-state index contributed by atoms with van der Waals surface area (Å²) in [6, 6.07) is 11.3. The molecule has 19 heavy (non-hydrogen) atoms. The predicted molar refractivity (Wildman–Crippen MR) is 80.0 cm³/mol. The van der Waals surface area contributed by atoms with E-state index >= 15 is 0 Å². The number of rotatable bonds is 9. The molecule has 0 spiro atoms. The van der Waals surface area contributed by atoms with E-state index in [1.54, 1.807) is 0 Å². The Hall–Kier alpha value is -0.860. The average molecular weight is 261 g/mol. The van der Waals surface area contributed by atoms with E-state index in [1.165, 1.54) is 31.2 Å². The van der Waals surface area contributed by atoms with Crippen LogP contribution in [0.5, 0.6) is 0 Å². The summed E-state index contributed by atoms with van der Waals surface area (Å²) in [5, 5.41) is 12.9. The number of hydrogen-bond acceptors (Lipinski definition) is 2. The molecule has 0 heterocycles. The van der Waals surface area contributed by atoms with Crippen LogP contribution >= 0.6 is 0 Å². The first kappa shape index (κ1) is 14.5. The third-order valence-electron chi connectivity index (χ3n) is 4.11. The maximum Gasteiger partial charge on any atom is 0.0434 e. The molecule has 0 amide bonds. The van der Waals surface area contributed by atoms with Crippen molar-refractivity contribution in [2.75, 3.05) is 13.2 Å². The molecule has 1 aliphatic rings. The fourth-order valence-electron chi connectivity index (χ4n) is 2.88. The van der Waals surface area contributed by atoms with Gasteiger partial charge in [0.15, 0.2) is 0 Å². The minimum absolute atomic E-state index is 0.311. The van der Waals surface area contributed by atoms with Gasteiger partial charge in [0.05, 0.1) is 0 Å². The minimum atomic E-state index is 0.311. The smallest absolute Gasteiger partial charge is 0.0434 e. The van der Waals surface area contributed by atoms with Gasteiger partial charge in [0.1, 0.15) is 0 Å². The van der Waals surface area contributed by atoms with Crippen LogP contribution in [0.4, 0.5) is 0 Å². The van der Waals surface area contributed by atoms with Gasteiger partial charge >= 0.3 is 0 Å². The highest BCUT2D eigenvalue weighted by Crippen LogP contribution is 2.41. The number of aliphatic hydroxyl groups is 1. The molecule has 0 aliphatic heterocycles. The van der Waals surface area contributed by atoms with Gasteiger partial charge in [-0.15, -0.1) is 0 Å². The molecule has 1 aromatic rings. The van der Waals surface area contributed by atoms with Crippen LogP contribution in [0.2, 0.25) is 0 Å². The van der Waals surface area contributed by atoms with Crippen LogP contribution in [0, 0.1) is 11.8 Å². The highest BCUT2D eigenvalue weighted by molar-refractivity contribution is 5.21. The molecular formula is C17H27NO. The van der Waals surface area contributed by atoms with E-state index in [4.69, 9.17) is 5.11 Å². The Morgan fingerprint density at radius 2 is 1.95 bits per heavy atom. The lowest BCUT2D eigenvalue weighted by atomic mass is 9.97. The summed E-state index contributed by atoms with van der Waals surface area (Å²) in [4.78, 5) is 0. The van der Waals surface area contributed by atoms with Gasteiger partial charge in [0.25, 0.3) is 0 Å². The normalized spacial score (nSPS) is 18.2. The molecule has 1 aliphatic carbocycles. The number of hydrogen-bond donors (Lipinski definition) is 2. The van der Waals surface area contributed by atoms with Crippen LogP contribution in [0.15, 0.2) is 30.3 Å². The van der Waals surface area contributed by atoms with Crippen molar-refractivity contribution < 1.29 is 5.11 Å². The lowest BCUT2D eigenvalue weighted by molar-refractivity contribution is 0.243. The zero-order chi connectivity index (χ0) is 13.5. The average Bonchev–Trinajstić information content (AvgIpc) is 3.25. The SMILES string of the molecule is CCCC(CCO)CNC(c1ccccc1)C1CC1. The first-order chi connectivity index (χ1) is 9.35. The van der Waals surface area contributed by atoms with Crippen molar-refractivity contribution in [3.63, 3.8) is 0 Å². The predicted octanol–water partition coefficient (Wildman–Crippen LogP) is 3.53. The number of benzene rings is 1. The Morgan fingerprint density at radius 3 is 2.53 bits per heavy atom. The highest BCUT2D eigenvalue weighted by Gasteiger charge is 2.32. The second-order valence-electron chi connectivity index (χ2n) is 5.80. The fourth-order valence-corrected chi connectivity index (χ4v) is 2.88. The van der Waals surface area contributed by atoms with E-state index in [0.29, 0.717) is 18.6 Å². The molecule has 2 nitrogen and oxygen atoms in total. The van der Waals surface area contributed by atoms with Gasteiger partial charge in [-0.25, -0.2) is 0 Å². The third kappa shape index (κ3) is 4.63. The molecule has 0 bridgehead atoms. The van der Waals surface area contributed by atoms with Crippen molar-refractivity contribution >= 4 is 0 Å². The molecule has 0 radical (unpaired) electrons. The van der Waals surface area contributed by atoms with Crippen molar-refractivity contribution in [2.24, 2.45) is 11.8 Å². The van der Waals surface area contributed by atoms with Gasteiger partial charge in [-0.2, -0.15) is 0 Å². The quantitative estimate of drug-likeness (QED) is 0.713. The summed E-state index contributed by atoms with van der Waals surface area (Å²) in [6.45, 7) is 3.57. The second-order valence-corrected chi connectivity index (χ2v) is 5.80. The van der Waals surface area contributed by atoms with E-state index in [0.717, 1.165) is 18.9 Å². The van der Waals surface area contributed by atoms with Gasteiger partial charge in [-0.3, -0.25) is 0 Å². The Balaban J connectivity index is 1.90. The summed E-state index contributed by atoms with van der Waals surface area (Å²) in [6.07, 6.45) is 6.04. The number of nitrogens with one attached hydrogen (secondary N) is 1. The van der Waals surface area contributed by atoms with Crippen molar-refractivity contribution in [3.8, 4) is 0 Å². The molecule has 2 heteroatoms. The first-order valence-corrected chi connectivity index (χ1v) is 7.74. The monoisotopic (exact) mass is 261 g/mol. The van der Waals surface area contributed by atoms with Crippen LogP contribution < -0.4 is 5.32 Å². The molecule has 2 atom stereocenters. The van der Waals surface area contributed by atoms with E-state index in [-0.39, 0.29) is 0 Å². The molecule has 1 aromatic carbocycles. The molecule has 2 N–H and O–H groups in total. The summed E-state index contributed by atoms with van der Waals surface area (Å²) in [7, 11) is 0. The Morgan fingerprint density at radius 1 is 1.21 bits per heavy atom. The molecule has 1 saturated carbocycles. The molecular weight excluding hydrogens is 234 g/mol. The largest absolute Gasteiger partial charge is 0.396 e. The second kappa shape index (κ2) is 7.66. The van der Waals surface area contributed by atoms with E-state index in [1.807, 2.05) is 0 Å². The van der Waals surface area contributed by atoms with Crippen molar-refractivity contribution in [3.05, 3.63) is 35.9 Å². The molecule has 1 fully saturated rings. The summed E-state index contributed by atoms with van der Waals surface area (Å²) < 4.78 is 0. The van der Waals surface area contributed by atoms with Gasteiger partial charge < -0.3 is 10.4 Å². The zero-order valence-electron chi connectivity index (χ0n) is 12.0. The first-order valence-electron chi connectivity index (χ1n) is 7.74. The van der Waals surface area contributed by atoms with Crippen LogP contribution in [-0.2, 0) is 0 Å². The summed E-state index contributed by atoms with van der Waals surface area (Å²) in [5.41, 5.74) is 1.42. The lowest BCUT2D eigenvalue weighted by Gasteiger charge is -2.23. The van der Waals surface area contributed by atoms with Crippen LogP contribution in [0.3, 0.4) is 0 Å². The van der Waals surface area contributed by atoms with E-state index < -0.39 is 0 Å². The van der Waals surface area contributed by atoms with E-state index in [9.17, 15) is 0 Å². The van der Waals surface area contributed by atoms with Crippen molar-refractivity contribution in [2.45, 2.75) is 45.1 Å². The molecule has 0 aromatic heterocycles. The molecule has 106 valence electrons. The molecule has 2 unspecified atom stereocenters. The van der Waals surface area contributed by atoms with Gasteiger partial charge in [0.2, 0.25) is 0 Å². The maximum atomic E-state index is 9.14. The van der Waals surface area contributed by atoms with Gasteiger partial charge in [-0.05, 0) is 49.6 Å². The minimum Gasteiger partial charge on any atom is -0.396 e. The fraction of sp³-hybridized carbons (Fsp3) is 0.647. The Kier molecular flexibility index (Phi) is 5.87. The standard InChI is InChI=1S/C17H27NO/c1-2-6-14(11-12-19)13-18-17(16-9-10-16)15-7-4-3-5-8-15/h3-5,7-8,14,16-19H,2,6,9-13H2,1H3. The van der Waals surface area contributed by atoms with E-state index in [2.05, 4.69) is 42.6 Å². The van der Waals surface area contributed by atoms with Crippen LogP contribution in [-0.4, -0.2) is 18.3 Å². The Labute approximate surface area is 117 Å². The Bertz CT molecular complexity index is 342. The third-order valence-corrected chi connectivity index (χ3v) is 4.11. The van der Waals surface area contributed by atoms with Gasteiger partial charge in [-0.1, -0.05) is 43.7 Å². The summed E-state index contributed by atoms with van der Waals surface area (Å²) >= 11 is 0. The molecule has 0 saturated heterocycles. The molecule has 2 rings (SSSR count). The van der Waals surface area contributed by atoms with Crippen molar-refractivity contribution in [1.82, 2.24) is 5.32 Å². The highest BCUT2D eigenvalue weighted by atomic mass is 16.3. The topological polar surface area (TPSA) is 32.3 Å².